The average Bonchev–Trinajstić information content (AvgIpc) is 2.30. The van der Waals surface area contributed by atoms with Gasteiger partial charge >= 0.3 is 0 Å². The number of Topliss-reactive ketones (excluding diaryl/α,β-unsaturated/α-hetero) is 1. The summed E-state index contributed by atoms with van der Waals surface area (Å²) in [5, 5.41) is 0. The summed E-state index contributed by atoms with van der Waals surface area (Å²) in [6.07, 6.45) is 0.959. The number of likely N-dealkylation sites (N-methyl/N-ethyl adjacent to an activating group) is 1. The second-order valence-corrected chi connectivity index (χ2v) is 4.87. The lowest BCUT2D eigenvalue weighted by molar-refractivity contribution is -0.117. The Kier molecular flexibility index (Phi) is 5.35. The Morgan fingerprint density at radius 2 is 1.94 bits per heavy atom. The second-order valence-electron chi connectivity index (χ2n) is 4.87. The van der Waals surface area contributed by atoms with E-state index in [-0.39, 0.29) is 5.78 Å². The highest BCUT2D eigenvalue weighted by Gasteiger charge is 2.08. The Balaban J connectivity index is 2.68. The van der Waals surface area contributed by atoms with Crippen LogP contribution in [-0.4, -0.2) is 37.9 Å². The summed E-state index contributed by atoms with van der Waals surface area (Å²) in [7, 11) is 3.68. The van der Waals surface area contributed by atoms with E-state index in [4.69, 9.17) is 4.74 Å². The highest BCUT2D eigenvalue weighted by Crippen LogP contribution is 2.24. The molecule has 3 nitrogen and oxygen atoms in total. The first kappa shape index (κ1) is 14.7. The van der Waals surface area contributed by atoms with Gasteiger partial charge < -0.3 is 4.74 Å². The van der Waals surface area contributed by atoms with E-state index >= 15 is 0 Å². The van der Waals surface area contributed by atoms with Gasteiger partial charge in [-0.05, 0) is 57.0 Å². The third-order valence-electron chi connectivity index (χ3n) is 3.33. The van der Waals surface area contributed by atoms with Gasteiger partial charge in [0.2, 0.25) is 0 Å². The standard InChI is InChI=1S/C15H23NO2/c1-11(17)10-16(4)9-8-14-6-7-15(18-5)13(3)12(14)2/h6-7H,8-10H2,1-5H3. The molecule has 0 spiro atoms. The van der Waals surface area contributed by atoms with E-state index in [0.29, 0.717) is 6.54 Å². The Bertz CT molecular complexity index is 427. The number of nitrogens with zero attached hydrogens (tertiary/aromatic N) is 1. The number of carbonyl (C=O) groups is 1. The number of methoxy groups -OCH3 is 1. The maximum atomic E-state index is 11.0. The maximum absolute atomic E-state index is 11.0. The molecule has 0 aliphatic heterocycles. The largest absolute Gasteiger partial charge is 0.496 e. The first-order chi connectivity index (χ1) is 8.45. The van der Waals surface area contributed by atoms with Crippen LogP contribution in [0.15, 0.2) is 12.1 Å². The molecule has 0 radical (unpaired) electrons. The summed E-state index contributed by atoms with van der Waals surface area (Å²) in [4.78, 5) is 13.1. The monoisotopic (exact) mass is 249 g/mol. The molecule has 100 valence electrons. The van der Waals surface area contributed by atoms with Crippen LogP contribution in [0.25, 0.3) is 0 Å². The van der Waals surface area contributed by atoms with Gasteiger partial charge in [-0.15, -0.1) is 0 Å². The zero-order valence-electron chi connectivity index (χ0n) is 12.0. The van der Waals surface area contributed by atoms with Crippen LogP contribution in [0.5, 0.6) is 5.75 Å². The fourth-order valence-corrected chi connectivity index (χ4v) is 2.11. The van der Waals surface area contributed by atoms with Crippen molar-refractivity contribution in [3.05, 3.63) is 28.8 Å². The SMILES string of the molecule is COc1ccc(CCN(C)CC(C)=O)c(C)c1C. The zero-order valence-corrected chi connectivity index (χ0v) is 12.0. The molecule has 0 fully saturated rings. The average molecular weight is 249 g/mol. The fourth-order valence-electron chi connectivity index (χ4n) is 2.11. The first-order valence-corrected chi connectivity index (χ1v) is 6.26. The smallest absolute Gasteiger partial charge is 0.143 e. The quantitative estimate of drug-likeness (QED) is 0.775. The molecule has 0 aliphatic carbocycles. The van der Waals surface area contributed by atoms with Gasteiger partial charge in [0.05, 0.1) is 13.7 Å². The molecule has 0 N–H and O–H groups in total. The van der Waals surface area contributed by atoms with Gasteiger partial charge in [0, 0.05) is 6.54 Å². The lowest BCUT2D eigenvalue weighted by atomic mass is 10.00. The van der Waals surface area contributed by atoms with Crippen molar-refractivity contribution in [2.45, 2.75) is 27.2 Å². The summed E-state index contributed by atoms with van der Waals surface area (Å²) in [6.45, 7) is 7.24. The number of hydrogen-bond donors (Lipinski definition) is 0. The molecule has 0 saturated heterocycles. The third kappa shape index (κ3) is 3.84. The van der Waals surface area contributed by atoms with Crippen LogP contribution in [0.4, 0.5) is 0 Å². The minimum Gasteiger partial charge on any atom is -0.496 e. The summed E-state index contributed by atoms with van der Waals surface area (Å²) in [5.74, 6) is 1.15. The van der Waals surface area contributed by atoms with Gasteiger partial charge in [-0.2, -0.15) is 0 Å². The molecule has 1 aromatic rings. The Labute approximate surface area is 110 Å². The number of benzene rings is 1. The van der Waals surface area contributed by atoms with E-state index in [9.17, 15) is 4.79 Å². The Morgan fingerprint density at radius 3 is 2.50 bits per heavy atom. The molecule has 0 unspecified atom stereocenters. The fraction of sp³-hybridized carbons (Fsp3) is 0.533. The van der Waals surface area contributed by atoms with Crippen molar-refractivity contribution in [3.8, 4) is 5.75 Å². The molecule has 1 rings (SSSR count). The van der Waals surface area contributed by atoms with Gasteiger partial charge in [0.1, 0.15) is 11.5 Å². The van der Waals surface area contributed by atoms with Gasteiger partial charge in [-0.25, -0.2) is 0 Å². The first-order valence-electron chi connectivity index (χ1n) is 6.26. The second kappa shape index (κ2) is 6.55. The molecule has 1 aromatic carbocycles. The zero-order chi connectivity index (χ0) is 13.7. The highest BCUT2D eigenvalue weighted by molar-refractivity contribution is 5.77. The summed E-state index contributed by atoms with van der Waals surface area (Å²) in [6, 6.07) is 4.13. The number of carbonyl (C=O) groups excluding carboxylic acids is 1. The molecule has 18 heavy (non-hydrogen) atoms. The van der Waals surface area contributed by atoms with E-state index < -0.39 is 0 Å². The van der Waals surface area contributed by atoms with Gasteiger partial charge in [0.25, 0.3) is 0 Å². The lowest BCUT2D eigenvalue weighted by Gasteiger charge is -2.17. The predicted molar refractivity (Wildman–Crippen MR) is 74.4 cm³/mol. The van der Waals surface area contributed by atoms with E-state index in [1.54, 1.807) is 14.0 Å². The minimum absolute atomic E-state index is 0.208. The van der Waals surface area contributed by atoms with Crippen molar-refractivity contribution in [1.29, 1.82) is 0 Å². The van der Waals surface area contributed by atoms with Crippen LogP contribution in [0.1, 0.15) is 23.6 Å². The van der Waals surface area contributed by atoms with Gasteiger partial charge in [-0.1, -0.05) is 6.07 Å². The molecule has 0 atom stereocenters. The van der Waals surface area contributed by atoms with Crippen LogP contribution >= 0.6 is 0 Å². The van der Waals surface area contributed by atoms with Crippen LogP contribution in [0.2, 0.25) is 0 Å². The van der Waals surface area contributed by atoms with E-state index in [2.05, 4.69) is 24.8 Å². The molecule has 0 saturated carbocycles. The van der Waals surface area contributed by atoms with Gasteiger partial charge in [0.15, 0.2) is 0 Å². The molecule has 0 heterocycles. The summed E-state index contributed by atoms with van der Waals surface area (Å²) < 4.78 is 5.30. The number of hydrogen-bond acceptors (Lipinski definition) is 3. The topological polar surface area (TPSA) is 29.5 Å². The van der Waals surface area contributed by atoms with Crippen molar-refractivity contribution in [2.75, 3.05) is 27.2 Å². The third-order valence-corrected chi connectivity index (χ3v) is 3.33. The molecule has 0 amide bonds. The van der Waals surface area contributed by atoms with Crippen molar-refractivity contribution >= 4 is 5.78 Å². The Hall–Kier alpha value is -1.35. The summed E-state index contributed by atoms with van der Waals surface area (Å²) >= 11 is 0. The maximum Gasteiger partial charge on any atom is 0.143 e. The number of rotatable bonds is 6. The van der Waals surface area contributed by atoms with Crippen molar-refractivity contribution in [3.63, 3.8) is 0 Å². The predicted octanol–water partition coefficient (Wildman–Crippen LogP) is 2.38. The molecular formula is C15H23NO2. The molecule has 3 heteroatoms. The van der Waals surface area contributed by atoms with Crippen LogP contribution in [0, 0.1) is 13.8 Å². The van der Waals surface area contributed by atoms with E-state index in [1.807, 2.05) is 13.1 Å². The van der Waals surface area contributed by atoms with Crippen molar-refractivity contribution < 1.29 is 9.53 Å². The Morgan fingerprint density at radius 1 is 1.28 bits per heavy atom. The normalized spacial score (nSPS) is 10.8. The van der Waals surface area contributed by atoms with Crippen molar-refractivity contribution in [1.82, 2.24) is 4.90 Å². The van der Waals surface area contributed by atoms with Crippen LogP contribution < -0.4 is 4.74 Å². The number of ketones is 1. The van der Waals surface area contributed by atoms with Crippen molar-refractivity contribution in [2.24, 2.45) is 0 Å². The van der Waals surface area contributed by atoms with E-state index in [1.165, 1.54) is 16.7 Å². The molecular weight excluding hydrogens is 226 g/mol. The minimum atomic E-state index is 0.208. The van der Waals surface area contributed by atoms with Crippen LogP contribution in [0.3, 0.4) is 0 Å². The number of ether oxygens (including phenoxy) is 1. The molecule has 0 aliphatic rings. The van der Waals surface area contributed by atoms with E-state index in [0.717, 1.165) is 18.7 Å². The summed E-state index contributed by atoms with van der Waals surface area (Å²) in [5.41, 5.74) is 3.80. The molecule has 0 bridgehead atoms. The van der Waals surface area contributed by atoms with Crippen LogP contribution in [-0.2, 0) is 11.2 Å². The molecule has 0 aromatic heterocycles. The lowest BCUT2D eigenvalue weighted by Crippen LogP contribution is -2.26. The highest BCUT2D eigenvalue weighted by atomic mass is 16.5. The van der Waals surface area contributed by atoms with Gasteiger partial charge in [-0.3, -0.25) is 9.69 Å².